The molecule has 0 aromatic carbocycles. The van der Waals surface area contributed by atoms with Crippen LogP contribution in [-0.2, 0) is 6.54 Å². The van der Waals surface area contributed by atoms with Gasteiger partial charge in [-0.1, -0.05) is 6.92 Å². The van der Waals surface area contributed by atoms with Crippen LogP contribution in [0, 0.1) is 5.92 Å². The molecule has 3 heteroatoms. The predicted molar refractivity (Wildman–Crippen MR) is 81.4 cm³/mol. The van der Waals surface area contributed by atoms with Gasteiger partial charge in [0.25, 0.3) is 0 Å². The quantitative estimate of drug-likeness (QED) is 0.728. The number of nitrogens with zero attached hydrogens (tertiary/aromatic N) is 2. The van der Waals surface area contributed by atoms with Gasteiger partial charge >= 0.3 is 0 Å². The van der Waals surface area contributed by atoms with Crippen molar-refractivity contribution in [2.45, 2.75) is 52.6 Å². The van der Waals surface area contributed by atoms with Gasteiger partial charge in [0.15, 0.2) is 0 Å². The molecule has 1 aliphatic rings. The normalized spacial score (nSPS) is 14.9. The number of pyridine rings is 1. The first-order chi connectivity index (χ1) is 9.22. The molecule has 0 saturated heterocycles. The Hall–Kier alpha value is -1.09. The van der Waals surface area contributed by atoms with Crippen LogP contribution in [0.1, 0.15) is 45.6 Å². The summed E-state index contributed by atoms with van der Waals surface area (Å²) < 4.78 is 0. The first kappa shape index (κ1) is 14.3. The summed E-state index contributed by atoms with van der Waals surface area (Å²) in [6.07, 6.45) is 7.91. The number of hydrogen-bond donors (Lipinski definition) is 1. The van der Waals surface area contributed by atoms with Gasteiger partial charge in [0.1, 0.15) is 0 Å². The molecule has 0 bridgehead atoms. The van der Waals surface area contributed by atoms with Crippen LogP contribution in [-0.4, -0.2) is 24.1 Å². The highest BCUT2D eigenvalue weighted by Gasteiger charge is 2.26. The fourth-order valence-electron chi connectivity index (χ4n) is 2.39. The van der Waals surface area contributed by atoms with Crippen LogP contribution in [0.25, 0.3) is 0 Å². The molecular weight excluding hydrogens is 234 g/mol. The van der Waals surface area contributed by atoms with Gasteiger partial charge in [-0.15, -0.1) is 0 Å². The number of hydrogen-bond acceptors (Lipinski definition) is 3. The Balaban J connectivity index is 2.10. The number of rotatable bonds is 8. The zero-order chi connectivity index (χ0) is 13.7. The Morgan fingerprint density at radius 3 is 2.84 bits per heavy atom. The summed E-state index contributed by atoms with van der Waals surface area (Å²) in [5.74, 6) is 0.902. The summed E-state index contributed by atoms with van der Waals surface area (Å²) in [6.45, 7) is 9.96. The standard InChI is InChI=1S/C16H27N3/c1-4-8-17-10-15-7-9-18-11-16(15)19(13(2)3)12-14-5-6-14/h7,9,11,13-14,17H,4-6,8,10,12H2,1-3H3. The Morgan fingerprint density at radius 2 is 2.21 bits per heavy atom. The Morgan fingerprint density at radius 1 is 1.42 bits per heavy atom. The molecule has 2 rings (SSSR count). The second kappa shape index (κ2) is 6.90. The van der Waals surface area contributed by atoms with E-state index in [1.165, 1.54) is 37.1 Å². The fraction of sp³-hybridized carbons (Fsp3) is 0.688. The van der Waals surface area contributed by atoms with Crippen LogP contribution in [0.3, 0.4) is 0 Å². The fourth-order valence-corrected chi connectivity index (χ4v) is 2.39. The van der Waals surface area contributed by atoms with Crippen molar-refractivity contribution < 1.29 is 0 Å². The van der Waals surface area contributed by atoms with Gasteiger partial charge < -0.3 is 10.2 Å². The minimum absolute atomic E-state index is 0.537. The van der Waals surface area contributed by atoms with E-state index in [4.69, 9.17) is 0 Å². The van der Waals surface area contributed by atoms with E-state index in [1.54, 1.807) is 0 Å². The molecule has 1 N–H and O–H groups in total. The summed E-state index contributed by atoms with van der Waals surface area (Å²) in [5.41, 5.74) is 2.69. The lowest BCUT2D eigenvalue weighted by atomic mass is 10.1. The average Bonchev–Trinajstić information content (AvgIpc) is 3.21. The van der Waals surface area contributed by atoms with Gasteiger partial charge in [-0.2, -0.15) is 0 Å². The zero-order valence-electron chi connectivity index (χ0n) is 12.5. The van der Waals surface area contributed by atoms with Crippen molar-refractivity contribution in [2.75, 3.05) is 18.0 Å². The van der Waals surface area contributed by atoms with E-state index in [1.807, 2.05) is 12.4 Å². The molecule has 1 heterocycles. The molecule has 1 aromatic heterocycles. The summed E-state index contributed by atoms with van der Waals surface area (Å²) in [5, 5.41) is 3.50. The van der Waals surface area contributed by atoms with E-state index in [2.05, 4.69) is 42.0 Å². The largest absolute Gasteiger partial charge is 0.367 e. The maximum Gasteiger partial charge on any atom is 0.0600 e. The van der Waals surface area contributed by atoms with Crippen molar-refractivity contribution in [3.05, 3.63) is 24.0 Å². The summed E-state index contributed by atoms with van der Waals surface area (Å²) in [7, 11) is 0. The first-order valence-corrected chi connectivity index (χ1v) is 7.62. The predicted octanol–water partition coefficient (Wildman–Crippen LogP) is 3.21. The van der Waals surface area contributed by atoms with Crippen molar-refractivity contribution >= 4 is 5.69 Å². The molecule has 1 saturated carbocycles. The van der Waals surface area contributed by atoms with Crippen molar-refractivity contribution in [1.29, 1.82) is 0 Å². The second-order valence-electron chi connectivity index (χ2n) is 5.87. The molecule has 19 heavy (non-hydrogen) atoms. The highest BCUT2D eigenvalue weighted by Crippen LogP contribution is 2.33. The molecule has 0 aliphatic heterocycles. The molecular formula is C16H27N3. The molecule has 0 atom stereocenters. The van der Waals surface area contributed by atoms with Crippen LogP contribution in [0.4, 0.5) is 5.69 Å². The zero-order valence-corrected chi connectivity index (χ0v) is 12.5. The Kier molecular flexibility index (Phi) is 5.20. The smallest absolute Gasteiger partial charge is 0.0600 e. The number of anilines is 1. The third-order valence-electron chi connectivity index (χ3n) is 3.71. The van der Waals surface area contributed by atoms with E-state index in [0.717, 1.165) is 19.0 Å². The second-order valence-corrected chi connectivity index (χ2v) is 5.87. The van der Waals surface area contributed by atoms with E-state index in [9.17, 15) is 0 Å². The third-order valence-corrected chi connectivity index (χ3v) is 3.71. The van der Waals surface area contributed by atoms with Crippen LogP contribution in [0.5, 0.6) is 0 Å². The molecule has 0 spiro atoms. The van der Waals surface area contributed by atoms with Crippen LogP contribution < -0.4 is 10.2 Å². The van der Waals surface area contributed by atoms with E-state index < -0.39 is 0 Å². The van der Waals surface area contributed by atoms with Crippen molar-refractivity contribution in [3.8, 4) is 0 Å². The lowest BCUT2D eigenvalue weighted by Gasteiger charge is -2.30. The minimum atomic E-state index is 0.537. The topological polar surface area (TPSA) is 28.2 Å². The maximum absolute atomic E-state index is 4.34. The van der Waals surface area contributed by atoms with Crippen molar-refractivity contribution in [1.82, 2.24) is 10.3 Å². The third kappa shape index (κ3) is 4.20. The lowest BCUT2D eigenvalue weighted by Crippen LogP contribution is -2.34. The minimum Gasteiger partial charge on any atom is -0.367 e. The molecule has 0 radical (unpaired) electrons. The van der Waals surface area contributed by atoms with Gasteiger partial charge in [0, 0.05) is 25.3 Å². The van der Waals surface area contributed by atoms with Crippen LogP contribution >= 0.6 is 0 Å². The average molecular weight is 261 g/mol. The van der Waals surface area contributed by atoms with Gasteiger partial charge in [-0.3, -0.25) is 4.98 Å². The molecule has 3 nitrogen and oxygen atoms in total. The number of nitrogens with one attached hydrogen (secondary N) is 1. The van der Waals surface area contributed by atoms with Gasteiger partial charge in [-0.05, 0) is 57.2 Å². The highest BCUT2D eigenvalue weighted by atomic mass is 15.2. The molecule has 1 aromatic rings. The summed E-state index contributed by atoms with van der Waals surface area (Å²) >= 11 is 0. The van der Waals surface area contributed by atoms with Gasteiger partial charge in [0.05, 0.1) is 11.9 Å². The molecule has 0 amide bonds. The van der Waals surface area contributed by atoms with E-state index >= 15 is 0 Å². The molecule has 106 valence electrons. The maximum atomic E-state index is 4.34. The molecule has 1 fully saturated rings. The van der Waals surface area contributed by atoms with Crippen molar-refractivity contribution in [2.24, 2.45) is 5.92 Å². The van der Waals surface area contributed by atoms with Crippen LogP contribution in [0.15, 0.2) is 18.5 Å². The summed E-state index contributed by atoms with van der Waals surface area (Å²) in [4.78, 5) is 6.86. The lowest BCUT2D eigenvalue weighted by molar-refractivity contribution is 0.630. The molecule has 0 unspecified atom stereocenters. The Labute approximate surface area is 117 Å². The first-order valence-electron chi connectivity index (χ1n) is 7.62. The van der Waals surface area contributed by atoms with Gasteiger partial charge in [0.2, 0.25) is 0 Å². The molecule has 1 aliphatic carbocycles. The SMILES string of the molecule is CCCNCc1ccncc1N(CC1CC1)C(C)C. The summed E-state index contributed by atoms with van der Waals surface area (Å²) in [6, 6.07) is 2.69. The van der Waals surface area contributed by atoms with Gasteiger partial charge in [-0.25, -0.2) is 0 Å². The monoisotopic (exact) mass is 261 g/mol. The van der Waals surface area contributed by atoms with Crippen molar-refractivity contribution in [3.63, 3.8) is 0 Å². The Bertz CT molecular complexity index is 385. The van der Waals surface area contributed by atoms with E-state index in [0.29, 0.717) is 6.04 Å². The van der Waals surface area contributed by atoms with Crippen LogP contribution in [0.2, 0.25) is 0 Å². The highest BCUT2D eigenvalue weighted by molar-refractivity contribution is 5.52. The number of aromatic nitrogens is 1. The van der Waals surface area contributed by atoms with E-state index in [-0.39, 0.29) is 0 Å².